The van der Waals surface area contributed by atoms with Gasteiger partial charge in [0.1, 0.15) is 0 Å². The third-order valence-corrected chi connectivity index (χ3v) is 7.94. The van der Waals surface area contributed by atoms with E-state index in [-0.39, 0.29) is 15.7 Å². The first-order valence-electron chi connectivity index (χ1n) is 9.57. The Morgan fingerprint density at radius 3 is 2.21 bits per heavy atom. The minimum absolute atomic E-state index is 0.127. The van der Waals surface area contributed by atoms with Gasteiger partial charge in [-0.1, -0.05) is 0 Å². The number of halogens is 3. The molecule has 0 radical (unpaired) electrons. The van der Waals surface area contributed by atoms with Crippen LogP contribution >= 0.6 is 0 Å². The molecule has 0 saturated carbocycles. The smallest absolute Gasteiger partial charge is 0.371 e. The first-order valence-corrected chi connectivity index (χ1v) is 11.0. The lowest BCUT2D eigenvalue weighted by Crippen LogP contribution is -2.31. The Morgan fingerprint density at radius 1 is 0.931 bits per heavy atom. The summed E-state index contributed by atoms with van der Waals surface area (Å²) in [5.41, 5.74) is 1.19. The number of fused-ring (bicyclic) bond motifs is 3. The quantitative estimate of drug-likeness (QED) is 0.726. The molecule has 2 aromatic rings. The van der Waals surface area contributed by atoms with E-state index in [1.165, 1.54) is 0 Å². The fourth-order valence-corrected chi connectivity index (χ4v) is 5.80. The summed E-state index contributed by atoms with van der Waals surface area (Å²) in [5.74, 6) is 0.253. The summed E-state index contributed by atoms with van der Waals surface area (Å²) in [6.07, 6.45) is -2.54. The average Bonchev–Trinajstić information content (AvgIpc) is 2.81. The van der Waals surface area contributed by atoms with Crippen LogP contribution in [-0.4, -0.2) is 46.5 Å². The zero-order valence-corrected chi connectivity index (χ0v) is 17.1. The fraction of sp³-hybridized carbons (Fsp3) is 0.429. The van der Waals surface area contributed by atoms with Gasteiger partial charge in [-0.15, -0.1) is 0 Å². The van der Waals surface area contributed by atoms with Crippen LogP contribution in [0.25, 0.3) is 0 Å². The standard InChI is InChI=1S/C21H23F3N2O2S/c1-25-11-9-17-18-13-16(7-8-19(18)26(2)20(17)10-12-25)29(27,28)15-5-3-14(4-6-15)21(22,23)24/h3-8,13,17,20H,9-12H2,1-2H3/t17-,20?/m1/s1. The number of nitrogens with zero attached hydrogens (tertiary/aromatic N) is 2. The second-order valence-corrected chi connectivity index (χ2v) is 9.86. The number of anilines is 1. The number of alkyl halides is 3. The molecule has 0 amide bonds. The van der Waals surface area contributed by atoms with Crippen molar-refractivity contribution >= 4 is 15.5 Å². The number of sulfone groups is 1. The van der Waals surface area contributed by atoms with Crippen molar-refractivity contribution in [3.8, 4) is 0 Å². The van der Waals surface area contributed by atoms with E-state index in [1.54, 1.807) is 12.1 Å². The number of likely N-dealkylation sites (tertiary alicyclic amines) is 1. The molecular formula is C21H23F3N2O2S. The van der Waals surface area contributed by atoms with Gasteiger partial charge in [-0.2, -0.15) is 13.2 Å². The van der Waals surface area contributed by atoms with Crippen molar-refractivity contribution in [2.24, 2.45) is 0 Å². The maximum absolute atomic E-state index is 13.1. The Labute approximate surface area is 168 Å². The summed E-state index contributed by atoms with van der Waals surface area (Å²) in [4.78, 5) is 4.51. The predicted molar refractivity (Wildman–Crippen MR) is 105 cm³/mol. The summed E-state index contributed by atoms with van der Waals surface area (Å²) < 4.78 is 64.5. The van der Waals surface area contributed by atoms with Crippen LogP contribution in [0.4, 0.5) is 18.9 Å². The Morgan fingerprint density at radius 2 is 1.55 bits per heavy atom. The van der Waals surface area contributed by atoms with Gasteiger partial charge in [-0.3, -0.25) is 0 Å². The van der Waals surface area contributed by atoms with Gasteiger partial charge in [0.05, 0.1) is 15.4 Å². The summed E-state index contributed by atoms with van der Waals surface area (Å²) in [5, 5.41) is 0. The predicted octanol–water partition coefficient (Wildman–Crippen LogP) is 4.17. The van der Waals surface area contributed by atoms with Gasteiger partial charge in [0, 0.05) is 24.7 Å². The first kappa shape index (κ1) is 20.2. The van der Waals surface area contributed by atoms with Crippen molar-refractivity contribution in [2.45, 2.75) is 40.8 Å². The van der Waals surface area contributed by atoms with Crippen molar-refractivity contribution in [2.75, 3.05) is 32.1 Å². The molecule has 1 unspecified atom stereocenters. The van der Waals surface area contributed by atoms with E-state index in [4.69, 9.17) is 0 Å². The molecule has 156 valence electrons. The third-order valence-electron chi connectivity index (χ3n) is 6.17. The molecule has 2 heterocycles. The van der Waals surface area contributed by atoms with Crippen LogP contribution in [0.2, 0.25) is 0 Å². The molecule has 2 aliphatic rings. The Balaban J connectivity index is 1.70. The van der Waals surface area contributed by atoms with E-state index in [2.05, 4.69) is 16.8 Å². The number of likely N-dealkylation sites (N-methyl/N-ethyl adjacent to an activating group) is 1. The van der Waals surface area contributed by atoms with Gasteiger partial charge in [0.25, 0.3) is 0 Å². The summed E-state index contributed by atoms with van der Waals surface area (Å²) >= 11 is 0. The normalized spacial score (nSPS) is 22.9. The molecule has 29 heavy (non-hydrogen) atoms. The van der Waals surface area contributed by atoms with E-state index in [9.17, 15) is 21.6 Å². The Kier molecular flexibility index (Phi) is 4.90. The largest absolute Gasteiger partial charge is 0.416 e. The molecule has 0 aliphatic carbocycles. The fourth-order valence-electron chi connectivity index (χ4n) is 4.50. The highest BCUT2D eigenvalue weighted by molar-refractivity contribution is 7.91. The molecule has 1 saturated heterocycles. The maximum Gasteiger partial charge on any atom is 0.416 e. The zero-order valence-electron chi connectivity index (χ0n) is 16.3. The van der Waals surface area contributed by atoms with Gasteiger partial charge in [0.15, 0.2) is 0 Å². The van der Waals surface area contributed by atoms with Gasteiger partial charge < -0.3 is 9.80 Å². The molecule has 0 spiro atoms. The zero-order chi connectivity index (χ0) is 21.0. The Bertz CT molecular complexity index is 1020. The highest BCUT2D eigenvalue weighted by Crippen LogP contribution is 2.45. The van der Waals surface area contributed by atoms with Crippen LogP contribution in [0.1, 0.15) is 29.9 Å². The van der Waals surface area contributed by atoms with Crippen LogP contribution in [0.15, 0.2) is 52.3 Å². The minimum Gasteiger partial charge on any atom is -0.371 e. The van der Waals surface area contributed by atoms with Crippen LogP contribution in [0, 0.1) is 0 Å². The lowest BCUT2D eigenvalue weighted by molar-refractivity contribution is -0.137. The SMILES string of the molecule is CN1CCC2[C@H](CC1)c1cc(S(=O)(=O)c3ccc(C(F)(F)F)cc3)ccc1N2C. The molecule has 1 fully saturated rings. The molecule has 2 atom stereocenters. The molecule has 4 nitrogen and oxygen atoms in total. The average molecular weight is 424 g/mol. The van der Waals surface area contributed by atoms with Crippen LogP contribution < -0.4 is 4.90 Å². The van der Waals surface area contributed by atoms with Crippen LogP contribution in [0.5, 0.6) is 0 Å². The lowest BCUT2D eigenvalue weighted by Gasteiger charge is -2.25. The van der Waals surface area contributed by atoms with Crippen LogP contribution in [-0.2, 0) is 16.0 Å². The first-order chi connectivity index (χ1) is 13.6. The summed E-state index contributed by atoms with van der Waals surface area (Å²) in [6.45, 7) is 1.94. The third kappa shape index (κ3) is 3.53. The topological polar surface area (TPSA) is 40.6 Å². The van der Waals surface area contributed by atoms with Gasteiger partial charge in [0.2, 0.25) is 9.84 Å². The highest BCUT2D eigenvalue weighted by Gasteiger charge is 2.38. The highest BCUT2D eigenvalue weighted by atomic mass is 32.2. The van der Waals surface area contributed by atoms with E-state index in [0.717, 1.165) is 61.4 Å². The minimum atomic E-state index is -4.50. The number of benzene rings is 2. The Hall–Kier alpha value is -2.06. The maximum atomic E-state index is 13.1. The van der Waals surface area contributed by atoms with E-state index in [1.807, 2.05) is 13.1 Å². The van der Waals surface area contributed by atoms with E-state index in [0.29, 0.717) is 6.04 Å². The second-order valence-electron chi connectivity index (χ2n) is 7.91. The van der Waals surface area contributed by atoms with Crippen molar-refractivity contribution in [1.29, 1.82) is 0 Å². The van der Waals surface area contributed by atoms with E-state index < -0.39 is 21.6 Å². The molecule has 0 bridgehead atoms. The number of hydrogen-bond acceptors (Lipinski definition) is 4. The van der Waals surface area contributed by atoms with Gasteiger partial charge in [-0.25, -0.2) is 8.42 Å². The molecule has 2 aliphatic heterocycles. The van der Waals surface area contributed by atoms with Crippen molar-refractivity contribution in [1.82, 2.24) is 4.90 Å². The number of hydrogen-bond donors (Lipinski definition) is 0. The van der Waals surface area contributed by atoms with Crippen LogP contribution in [0.3, 0.4) is 0 Å². The molecule has 8 heteroatoms. The lowest BCUT2D eigenvalue weighted by atomic mass is 9.91. The van der Waals surface area contributed by atoms with Gasteiger partial charge >= 0.3 is 6.18 Å². The molecule has 0 N–H and O–H groups in total. The molecule has 2 aromatic carbocycles. The molecule has 4 rings (SSSR count). The molecule has 0 aromatic heterocycles. The summed E-state index contributed by atoms with van der Waals surface area (Å²) in [7, 11) is 0.237. The second kappa shape index (κ2) is 7.02. The van der Waals surface area contributed by atoms with Crippen molar-refractivity contribution in [3.63, 3.8) is 0 Å². The van der Waals surface area contributed by atoms with Crippen molar-refractivity contribution in [3.05, 3.63) is 53.6 Å². The monoisotopic (exact) mass is 424 g/mol. The number of rotatable bonds is 2. The summed E-state index contributed by atoms with van der Waals surface area (Å²) in [6, 6.07) is 9.11. The van der Waals surface area contributed by atoms with E-state index >= 15 is 0 Å². The van der Waals surface area contributed by atoms with Gasteiger partial charge in [-0.05, 0) is 81.0 Å². The molecular weight excluding hydrogens is 401 g/mol. The van der Waals surface area contributed by atoms with Crippen molar-refractivity contribution < 1.29 is 21.6 Å².